The lowest BCUT2D eigenvalue weighted by atomic mass is 10.3. The normalized spacial score (nSPS) is 32.1. The molecule has 0 bridgehead atoms. The van der Waals surface area contributed by atoms with Crippen molar-refractivity contribution < 1.29 is 13.2 Å². The highest BCUT2D eigenvalue weighted by Crippen LogP contribution is 2.32. The molecule has 0 saturated carbocycles. The minimum Gasteiger partial charge on any atom is -0.313 e. The van der Waals surface area contributed by atoms with Crippen LogP contribution in [0.2, 0.25) is 0 Å². The molecule has 2 aliphatic heterocycles. The second-order valence-corrected chi connectivity index (χ2v) is 3.03. The predicted octanol–water partition coefficient (Wildman–Crippen LogP) is -0.623. The number of hydrogen-bond acceptors (Lipinski definition) is 4. The van der Waals surface area contributed by atoms with E-state index in [0.29, 0.717) is 19.6 Å². The van der Waals surface area contributed by atoms with Gasteiger partial charge in [-0.3, -0.25) is 4.90 Å². The molecule has 1 radical (unpaired) electrons. The number of halogens is 3. The number of nitrogens with one attached hydrogen (secondary N) is 3. The van der Waals surface area contributed by atoms with Crippen molar-refractivity contribution in [3.05, 3.63) is 6.17 Å². The van der Waals surface area contributed by atoms with Crippen LogP contribution >= 0.6 is 0 Å². The van der Waals surface area contributed by atoms with Crippen LogP contribution in [0.4, 0.5) is 13.2 Å². The van der Waals surface area contributed by atoms with E-state index in [1.54, 1.807) is 0 Å². The number of rotatable bonds is 0. The second-order valence-electron chi connectivity index (χ2n) is 3.03. The van der Waals surface area contributed by atoms with Crippen molar-refractivity contribution in [2.75, 3.05) is 19.6 Å². The Morgan fingerprint density at radius 3 is 2.85 bits per heavy atom. The van der Waals surface area contributed by atoms with E-state index in [-0.39, 0.29) is 6.17 Å². The van der Waals surface area contributed by atoms with Gasteiger partial charge in [0.1, 0.15) is 0 Å². The van der Waals surface area contributed by atoms with Gasteiger partial charge in [-0.1, -0.05) is 0 Å². The van der Waals surface area contributed by atoms with E-state index in [4.69, 9.17) is 0 Å². The summed E-state index contributed by atoms with van der Waals surface area (Å²) in [6.07, 6.45) is -5.26. The Balaban J connectivity index is 2.07. The zero-order chi connectivity index (χ0) is 9.47. The second kappa shape index (κ2) is 3.09. The summed E-state index contributed by atoms with van der Waals surface area (Å²) in [5, 5.41) is 3.00. The monoisotopic (exact) mass is 195 g/mol. The van der Waals surface area contributed by atoms with E-state index in [1.807, 2.05) is 0 Å². The van der Waals surface area contributed by atoms with Crippen molar-refractivity contribution in [2.45, 2.75) is 12.3 Å². The Hall–Kier alpha value is -0.370. The van der Waals surface area contributed by atoms with Gasteiger partial charge in [-0.2, -0.15) is 13.2 Å². The Morgan fingerprint density at radius 1 is 1.38 bits per heavy atom. The van der Waals surface area contributed by atoms with Crippen LogP contribution in [-0.2, 0) is 0 Å². The molecule has 13 heavy (non-hydrogen) atoms. The molecule has 2 rings (SSSR count). The van der Waals surface area contributed by atoms with Crippen molar-refractivity contribution in [3.63, 3.8) is 0 Å². The van der Waals surface area contributed by atoms with Crippen LogP contribution < -0.4 is 16.2 Å². The Labute approximate surface area is 73.4 Å². The largest absolute Gasteiger partial charge is 0.425 e. The third-order valence-corrected chi connectivity index (χ3v) is 2.16. The van der Waals surface area contributed by atoms with Crippen LogP contribution in [0.25, 0.3) is 0 Å². The van der Waals surface area contributed by atoms with Crippen LogP contribution in [0, 0.1) is 6.17 Å². The summed E-state index contributed by atoms with van der Waals surface area (Å²) in [5.74, 6) is 0. The lowest BCUT2D eigenvalue weighted by Crippen LogP contribution is -2.53. The van der Waals surface area contributed by atoms with Gasteiger partial charge in [-0.05, 0) is 0 Å². The molecule has 0 aromatic rings. The van der Waals surface area contributed by atoms with E-state index in [0.717, 1.165) is 0 Å². The number of nitrogens with zero attached hydrogens (tertiary/aromatic N) is 1. The molecule has 0 aliphatic carbocycles. The molecule has 3 N–H and O–H groups in total. The van der Waals surface area contributed by atoms with Crippen LogP contribution in [-0.4, -0.2) is 36.9 Å². The van der Waals surface area contributed by atoms with E-state index in [9.17, 15) is 13.2 Å². The van der Waals surface area contributed by atoms with Crippen molar-refractivity contribution in [3.8, 4) is 0 Å². The molecule has 1 unspecified atom stereocenters. The van der Waals surface area contributed by atoms with Crippen molar-refractivity contribution in [1.82, 2.24) is 21.1 Å². The number of hydrazine groups is 1. The Morgan fingerprint density at radius 2 is 2.15 bits per heavy atom. The summed E-state index contributed by atoms with van der Waals surface area (Å²) >= 11 is 0. The summed E-state index contributed by atoms with van der Waals surface area (Å²) in [7, 11) is 0. The van der Waals surface area contributed by atoms with Crippen LogP contribution in [0.15, 0.2) is 0 Å². The first kappa shape index (κ1) is 9.20. The summed E-state index contributed by atoms with van der Waals surface area (Å²) in [6.45, 7) is 1.48. The van der Waals surface area contributed by atoms with Gasteiger partial charge in [-0.25, -0.2) is 10.9 Å². The third-order valence-electron chi connectivity index (χ3n) is 2.16. The molecule has 2 fully saturated rings. The molecule has 0 amide bonds. The average Bonchev–Trinajstić information content (AvgIpc) is 2.45. The maximum atomic E-state index is 12.3. The van der Waals surface area contributed by atoms with Gasteiger partial charge >= 0.3 is 6.18 Å². The summed E-state index contributed by atoms with van der Waals surface area (Å²) in [6, 6.07) is 0. The molecule has 2 saturated heterocycles. The topological polar surface area (TPSA) is 39.3 Å². The molecule has 75 valence electrons. The van der Waals surface area contributed by atoms with E-state index in [2.05, 4.69) is 16.2 Å². The van der Waals surface area contributed by atoms with Crippen molar-refractivity contribution in [2.24, 2.45) is 0 Å². The Bertz CT molecular complexity index is 195. The lowest BCUT2D eigenvalue weighted by Gasteiger charge is -2.32. The van der Waals surface area contributed by atoms with Gasteiger partial charge in [0, 0.05) is 19.6 Å². The van der Waals surface area contributed by atoms with Crippen molar-refractivity contribution in [1.29, 1.82) is 0 Å². The first-order valence-electron chi connectivity index (χ1n) is 4.02. The number of hydrogen-bond donors (Lipinski definition) is 3. The standard InChI is InChI=1S/C6H10F3N4/c7-6(8,9)5-12-11-4-3-10-1-2-13(4)5/h4,10-12H,1-3H2. The highest BCUT2D eigenvalue weighted by atomic mass is 19.4. The van der Waals surface area contributed by atoms with Gasteiger partial charge in [0.15, 0.2) is 0 Å². The fourth-order valence-corrected chi connectivity index (χ4v) is 1.56. The molecule has 1 atom stereocenters. The molecule has 2 aliphatic rings. The van der Waals surface area contributed by atoms with Crippen molar-refractivity contribution >= 4 is 0 Å². The van der Waals surface area contributed by atoms with E-state index < -0.39 is 12.3 Å². The lowest BCUT2D eigenvalue weighted by molar-refractivity contribution is -0.143. The van der Waals surface area contributed by atoms with Crippen LogP contribution in [0.5, 0.6) is 0 Å². The highest BCUT2D eigenvalue weighted by Gasteiger charge is 2.51. The fraction of sp³-hybridized carbons (Fsp3) is 0.833. The van der Waals surface area contributed by atoms with Gasteiger partial charge < -0.3 is 5.32 Å². The van der Waals surface area contributed by atoms with E-state index >= 15 is 0 Å². The van der Waals surface area contributed by atoms with Gasteiger partial charge in [0.05, 0.1) is 6.17 Å². The minimum absolute atomic E-state index is 0.287. The maximum Gasteiger partial charge on any atom is 0.425 e. The Kier molecular flexibility index (Phi) is 2.18. The van der Waals surface area contributed by atoms with Gasteiger partial charge in [-0.15, -0.1) is 0 Å². The zero-order valence-electron chi connectivity index (χ0n) is 6.78. The van der Waals surface area contributed by atoms with E-state index in [1.165, 1.54) is 4.90 Å². The summed E-state index contributed by atoms with van der Waals surface area (Å²) in [5.41, 5.74) is 4.74. The molecule has 4 nitrogen and oxygen atoms in total. The maximum absolute atomic E-state index is 12.3. The molecule has 0 aromatic heterocycles. The molecular formula is C6H10F3N4. The fourth-order valence-electron chi connectivity index (χ4n) is 1.56. The molecule has 0 spiro atoms. The van der Waals surface area contributed by atoms with Crippen LogP contribution in [0.1, 0.15) is 0 Å². The number of alkyl halides is 3. The summed E-state index contributed by atoms with van der Waals surface area (Å²) in [4.78, 5) is 1.30. The minimum atomic E-state index is -4.29. The number of piperazine rings is 1. The average molecular weight is 195 g/mol. The quantitative estimate of drug-likeness (QED) is 0.481. The summed E-state index contributed by atoms with van der Waals surface area (Å²) < 4.78 is 37.0. The molecule has 2 heterocycles. The highest BCUT2D eigenvalue weighted by molar-refractivity contribution is 5.02. The SMILES string of the molecule is FC(F)(F)[C]1NNC2CNCCN12. The first-order valence-corrected chi connectivity index (χ1v) is 4.02. The van der Waals surface area contributed by atoms with Gasteiger partial charge in [0.2, 0.25) is 6.17 Å². The third kappa shape index (κ3) is 1.64. The predicted molar refractivity (Wildman–Crippen MR) is 38.9 cm³/mol. The first-order chi connectivity index (χ1) is 6.09. The molecular weight excluding hydrogens is 185 g/mol. The van der Waals surface area contributed by atoms with Crippen LogP contribution in [0.3, 0.4) is 0 Å². The van der Waals surface area contributed by atoms with Gasteiger partial charge in [0.25, 0.3) is 0 Å². The smallest absolute Gasteiger partial charge is 0.313 e. The zero-order valence-corrected chi connectivity index (χ0v) is 6.78. The molecule has 7 heteroatoms. The molecule has 0 aromatic carbocycles. The number of fused-ring (bicyclic) bond motifs is 1.